The number of hydrogen-bond donors (Lipinski definition) is 1. The summed E-state index contributed by atoms with van der Waals surface area (Å²) in [5.74, 6) is 1.23. The maximum absolute atomic E-state index is 11.6. The second-order valence-corrected chi connectivity index (χ2v) is 8.28. The zero-order valence-corrected chi connectivity index (χ0v) is 14.5. The fourth-order valence-corrected chi connectivity index (χ4v) is 5.16. The van der Waals surface area contributed by atoms with Gasteiger partial charge in [0.05, 0.1) is 0 Å². The smallest absolute Gasteiger partial charge is 0.248 e. The van der Waals surface area contributed by atoms with Crippen LogP contribution >= 0.6 is 0 Å². The Morgan fingerprint density at radius 3 is 2.78 bits per heavy atom. The normalized spacial score (nSPS) is 34.7. The van der Waals surface area contributed by atoms with Crippen molar-refractivity contribution in [1.29, 1.82) is 0 Å². The van der Waals surface area contributed by atoms with E-state index in [1.165, 1.54) is 36.9 Å². The van der Waals surface area contributed by atoms with E-state index in [-0.39, 0.29) is 11.3 Å². The molecular weight excluding hydrogens is 284 g/mol. The van der Waals surface area contributed by atoms with E-state index in [4.69, 9.17) is 5.73 Å². The molecule has 2 aliphatic carbocycles. The number of fused-ring (bicyclic) bond motifs is 4. The van der Waals surface area contributed by atoms with Gasteiger partial charge in [-0.3, -0.25) is 9.69 Å². The Kier molecular flexibility index (Phi) is 3.35. The summed E-state index contributed by atoms with van der Waals surface area (Å²) in [6.45, 7) is 8.42. The van der Waals surface area contributed by atoms with Gasteiger partial charge in [-0.05, 0) is 79.7 Å². The average molecular weight is 312 g/mol. The van der Waals surface area contributed by atoms with Crippen molar-refractivity contribution in [3.63, 3.8) is 0 Å². The first-order valence-corrected chi connectivity index (χ1v) is 9.11. The standard InChI is InChI=1S/C20H28N2O/c1-12-18-11-15-6-7-16(19(21)23)10-17(15)20(12,3)8-9-22(18)13(2)14-4-5-14/h6-7,10,12-14,18H,4-5,8-9,11H2,1-3H3,(H2,21,23)/t12-,13-,18?,20+/m0/s1. The van der Waals surface area contributed by atoms with E-state index in [9.17, 15) is 4.79 Å². The van der Waals surface area contributed by atoms with Crippen molar-refractivity contribution in [2.24, 2.45) is 17.6 Å². The van der Waals surface area contributed by atoms with Crippen LogP contribution in [0.25, 0.3) is 0 Å². The van der Waals surface area contributed by atoms with Gasteiger partial charge in [0, 0.05) is 17.6 Å². The first kappa shape index (κ1) is 15.2. The molecule has 23 heavy (non-hydrogen) atoms. The predicted octanol–water partition coefficient (Wildman–Crippen LogP) is 3.11. The third-order valence-electron chi connectivity index (χ3n) is 7.16. The highest BCUT2D eigenvalue weighted by molar-refractivity contribution is 5.93. The van der Waals surface area contributed by atoms with E-state index < -0.39 is 0 Å². The number of piperidine rings is 1. The average Bonchev–Trinajstić information content (AvgIpc) is 3.34. The summed E-state index contributed by atoms with van der Waals surface area (Å²) in [4.78, 5) is 14.4. The molecule has 0 spiro atoms. The molecule has 1 unspecified atom stereocenters. The van der Waals surface area contributed by atoms with E-state index in [2.05, 4.69) is 37.8 Å². The molecule has 2 fully saturated rings. The lowest BCUT2D eigenvalue weighted by Crippen LogP contribution is -2.60. The minimum atomic E-state index is -0.314. The molecule has 1 saturated heterocycles. The van der Waals surface area contributed by atoms with Gasteiger partial charge in [0.1, 0.15) is 0 Å². The van der Waals surface area contributed by atoms with Crippen LogP contribution in [0.3, 0.4) is 0 Å². The van der Waals surface area contributed by atoms with Gasteiger partial charge in [0.2, 0.25) is 5.91 Å². The Hall–Kier alpha value is -1.35. The van der Waals surface area contributed by atoms with E-state index in [0.717, 1.165) is 18.4 Å². The van der Waals surface area contributed by atoms with Gasteiger partial charge < -0.3 is 5.73 Å². The zero-order chi connectivity index (χ0) is 16.4. The molecule has 1 saturated carbocycles. The number of rotatable bonds is 3. The molecule has 3 nitrogen and oxygen atoms in total. The predicted molar refractivity (Wildman–Crippen MR) is 92.5 cm³/mol. The molecule has 1 heterocycles. The molecule has 1 amide bonds. The monoisotopic (exact) mass is 312 g/mol. The Morgan fingerprint density at radius 2 is 2.13 bits per heavy atom. The van der Waals surface area contributed by atoms with Gasteiger partial charge in [-0.25, -0.2) is 0 Å². The van der Waals surface area contributed by atoms with Crippen molar-refractivity contribution in [1.82, 2.24) is 4.90 Å². The molecule has 2 N–H and O–H groups in total. The maximum atomic E-state index is 11.6. The Balaban J connectivity index is 1.73. The SMILES string of the molecule is C[C@@H](C1CC1)N1CC[C@@]2(C)c3cc(C(N)=O)ccc3CC1[C@@H]2C. The highest BCUT2D eigenvalue weighted by atomic mass is 16.1. The van der Waals surface area contributed by atoms with E-state index >= 15 is 0 Å². The van der Waals surface area contributed by atoms with Gasteiger partial charge >= 0.3 is 0 Å². The summed E-state index contributed by atoms with van der Waals surface area (Å²) in [7, 11) is 0. The number of carbonyl (C=O) groups is 1. The van der Waals surface area contributed by atoms with Crippen LogP contribution in [0, 0.1) is 11.8 Å². The van der Waals surface area contributed by atoms with Gasteiger partial charge in [-0.2, -0.15) is 0 Å². The van der Waals surface area contributed by atoms with Crippen LogP contribution in [0.5, 0.6) is 0 Å². The van der Waals surface area contributed by atoms with Crippen LogP contribution < -0.4 is 5.73 Å². The van der Waals surface area contributed by atoms with Crippen molar-refractivity contribution in [3.8, 4) is 0 Å². The topological polar surface area (TPSA) is 46.3 Å². The van der Waals surface area contributed by atoms with Crippen molar-refractivity contribution >= 4 is 5.91 Å². The van der Waals surface area contributed by atoms with Crippen LogP contribution in [0.1, 0.15) is 61.5 Å². The fraction of sp³-hybridized carbons (Fsp3) is 0.650. The summed E-state index contributed by atoms with van der Waals surface area (Å²) in [6.07, 6.45) is 5.11. The summed E-state index contributed by atoms with van der Waals surface area (Å²) >= 11 is 0. The van der Waals surface area contributed by atoms with Crippen LogP contribution in [-0.2, 0) is 11.8 Å². The largest absolute Gasteiger partial charge is 0.366 e. The molecule has 2 bridgehead atoms. The minimum Gasteiger partial charge on any atom is -0.366 e. The van der Waals surface area contributed by atoms with Gasteiger partial charge in [-0.1, -0.05) is 19.9 Å². The fourth-order valence-electron chi connectivity index (χ4n) is 5.16. The number of likely N-dealkylation sites (tertiary alicyclic amines) is 1. The molecule has 4 atom stereocenters. The number of nitrogens with zero attached hydrogens (tertiary/aromatic N) is 1. The quantitative estimate of drug-likeness (QED) is 0.932. The molecular formula is C20H28N2O. The number of hydrogen-bond acceptors (Lipinski definition) is 2. The van der Waals surface area contributed by atoms with Gasteiger partial charge in [0.15, 0.2) is 0 Å². The third kappa shape index (κ3) is 2.24. The van der Waals surface area contributed by atoms with Gasteiger partial charge in [0.25, 0.3) is 0 Å². The number of benzene rings is 1. The Morgan fingerprint density at radius 1 is 1.39 bits per heavy atom. The van der Waals surface area contributed by atoms with Crippen LogP contribution in [0.4, 0.5) is 0 Å². The number of carbonyl (C=O) groups excluding carboxylic acids is 1. The molecule has 124 valence electrons. The van der Waals surface area contributed by atoms with Crippen molar-refractivity contribution in [3.05, 3.63) is 34.9 Å². The van der Waals surface area contributed by atoms with Crippen LogP contribution in [0.2, 0.25) is 0 Å². The first-order chi connectivity index (χ1) is 10.9. The molecule has 1 aromatic carbocycles. The van der Waals surface area contributed by atoms with Crippen LogP contribution in [0.15, 0.2) is 18.2 Å². The molecule has 3 aliphatic rings. The number of nitrogens with two attached hydrogens (primary N) is 1. The van der Waals surface area contributed by atoms with E-state index in [1.54, 1.807) is 0 Å². The Bertz CT molecular complexity index is 651. The molecule has 1 aromatic rings. The minimum absolute atomic E-state index is 0.170. The van der Waals surface area contributed by atoms with E-state index in [0.29, 0.717) is 17.5 Å². The first-order valence-electron chi connectivity index (χ1n) is 9.11. The van der Waals surface area contributed by atoms with Crippen molar-refractivity contribution in [2.75, 3.05) is 6.54 Å². The summed E-state index contributed by atoms with van der Waals surface area (Å²) in [5.41, 5.74) is 9.13. The molecule has 3 heteroatoms. The second-order valence-electron chi connectivity index (χ2n) is 8.28. The number of primary amides is 1. The molecule has 1 aliphatic heterocycles. The highest BCUT2D eigenvalue weighted by Crippen LogP contribution is 2.50. The zero-order valence-electron chi connectivity index (χ0n) is 14.5. The van der Waals surface area contributed by atoms with Gasteiger partial charge in [-0.15, -0.1) is 0 Å². The van der Waals surface area contributed by atoms with Crippen molar-refractivity contribution in [2.45, 2.75) is 64.0 Å². The summed E-state index contributed by atoms with van der Waals surface area (Å²) in [5, 5.41) is 0. The summed E-state index contributed by atoms with van der Waals surface area (Å²) < 4.78 is 0. The highest BCUT2D eigenvalue weighted by Gasteiger charge is 2.50. The van der Waals surface area contributed by atoms with Crippen LogP contribution in [-0.4, -0.2) is 29.4 Å². The summed E-state index contributed by atoms with van der Waals surface area (Å²) in [6, 6.07) is 7.49. The Labute approximate surface area is 139 Å². The molecule has 4 rings (SSSR count). The van der Waals surface area contributed by atoms with E-state index in [1.807, 2.05) is 6.07 Å². The lowest BCUT2D eigenvalue weighted by molar-refractivity contribution is 0.000499. The molecule has 0 radical (unpaired) electrons. The maximum Gasteiger partial charge on any atom is 0.248 e. The number of amides is 1. The second kappa shape index (κ2) is 5.07. The van der Waals surface area contributed by atoms with Crippen molar-refractivity contribution < 1.29 is 4.79 Å². The lowest BCUT2D eigenvalue weighted by atomic mass is 9.58. The molecule has 0 aromatic heterocycles. The third-order valence-corrected chi connectivity index (χ3v) is 7.16. The lowest BCUT2D eigenvalue weighted by Gasteiger charge is -2.56.